The minimum absolute atomic E-state index is 0.0297. The minimum Gasteiger partial charge on any atom is -0.323 e. The largest absolute Gasteiger partial charge is 0.435 e. The van der Waals surface area contributed by atoms with Gasteiger partial charge in [0.2, 0.25) is 10.0 Å². The van der Waals surface area contributed by atoms with Crippen LogP contribution < -0.4 is 10.0 Å². The molecule has 1 unspecified atom stereocenters. The van der Waals surface area contributed by atoms with E-state index in [4.69, 9.17) is 0 Å². The van der Waals surface area contributed by atoms with Crippen molar-refractivity contribution in [1.82, 2.24) is 19.4 Å². The Morgan fingerprint density at radius 1 is 1.38 bits per heavy atom. The Hall–Kier alpha value is -1.82. The summed E-state index contributed by atoms with van der Waals surface area (Å²) in [5, 5.41) is 5.01. The second kappa shape index (κ2) is 6.24. The molecule has 1 fully saturated rings. The molecule has 2 heterocycles. The third-order valence-electron chi connectivity index (χ3n) is 3.93. The molecule has 136 valence electrons. The maximum atomic E-state index is 12.8. The van der Waals surface area contributed by atoms with E-state index in [9.17, 15) is 26.4 Å². The number of nitrogens with one attached hydrogen (secondary N) is 2. The van der Waals surface area contributed by atoms with Crippen LogP contribution in [0.5, 0.6) is 0 Å². The summed E-state index contributed by atoms with van der Waals surface area (Å²) in [5.74, 6) is -0.0766. The third-order valence-corrected chi connectivity index (χ3v) is 5.76. The van der Waals surface area contributed by atoms with E-state index in [1.54, 1.807) is 0 Å². The minimum atomic E-state index is -4.62. The molecular formula is C12H18F3N5O3S. The zero-order valence-corrected chi connectivity index (χ0v) is 14.1. The van der Waals surface area contributed by atoms with E-state index >= 15 is 0 Å². The van der Waals surface area contributed by atoms with Gasteiger partial charge in [-0.15, -0.1) is 0 Å². The first-order chi connectivity index (χ1) is 11.0. The molecular weight excluding hydrogens is 351 g/mol. The smallest absolute Gasteiger partial charge is 0.323 e. The Labute approximate surface area is 137 Å². The summed E-state index contributed by atoms with van der Waals surface area (Å²) in [7, 11) is -0.932. The summed E-state index contributed by atoms with van der Waals surface area (Å²) in [5.41, 5.74) is -1.27. The monoisotopic (exact) mass is 369 g/mol. The molecule has 8 nitrogen and oxygen atoms in total. The van der Waals surface area contributed by atoms with Crippen molar-refractivity contribution in [2.75, 3.05) is 25.5 Å². The lowest BCUT2D eigenvalue weighted by Gasteiger charge is -2.17. The number of aryl methyl sites for hydroxylation is 1. The fourth-order valence-electron chi connectivity index (χ4n) is 2.59. The molecule has 0 saturated carbocycles. The number of likely N-dealkylation sites (tertiary alicyclic amines) is 1. The van der Waals surface area contributed by atoms with Crippen molar-refractivity contribution < 1.29 is 26.4 Å². The highest BCUT2D eigenvalue weighted by Gasteiger charge is 2.39. The number of aromatic nitrogens is 2. The van der Waals surface area contributed by atoms with Crippen LogP contribution in [0.2, 0.25) is 0 Å². The fourth-order valence-corrected chi connectivity index (χ4v) is 3.71. The second-order valence-corrected chi connectivity index (χ2v) is 7.64. The van der Waals surface area contributed by atoms with Crippen LogP contribution in [0.25, 0.3) is 0 Å². The predicted octanol–water partition coefficient (Wildman–Crippen LogP) is 0.903. The Bertz CT molecular complexity index is 744. The number of halogens is 3. The summed E-state index contributed by atoms with van der Waals surface area (Å²) in [6.07, 6.45) is -4.36. The summed E-state index contributed by atoms with van der Waals surface area (Å²) in [4.78, 5) is 13.5. The molecule has 0 radical (unpaired) electrons. The van der Waals surface area contributed by atoms with Crippen LogP contribution in [-0.2, 0) is 23.2 Å². The number of nitrogens with zero attached hydrogens (tertiary/aromatic N) is 3. The molecule has 12 heteroatoms. The van der Waals surface area contributed by atoms with Gasteiger partial charge in [0.15, 0.2) is 5.69 Å². The molecule has 1 aromatic rings. The van der Waals surface area contributed by atoms with Gasteiger partial charge in [0.25, 0.3) is 0 Å². The first-order valence-electron chi connectivity index (χ1n) is 7.06. The molecule has 1 aliphatic heterocycles. The van der Waals surface area contributed by atoms with Crippen molar-refractivity contribution in [2.45, 2.75) is 24.8 Å². The van der Waals surface area contributed by atoms with Crippen LogP contribution in [0.4, 0.5) is 23.8 Å². The van der Waals surface area contributed by atoms with Gasteiger partial charge >= 0.3 is 12.2 Å². The first-order valence-corrected chi connectivity index (χ1v) is 8.61. The van der Waals surface area contributed by atoms with Gasteiger partial charge in [0.1, 0.15) is 5.82 Å². The topological polar surface area (TPSA) is 96.3 Å². The van der Waals surface area contributed by atoms with Gasteiger partial charge in [-0.05, 0) is 20.4 Å². The number of urea groups is 1. The van der Waals surface area contributed by atoms with Crippen LogP contribution in [0.3, 0.4) is 0 Å². The number of sulfonamides is 1. The average Bonchev–Trinajstić information content (AvgIpc) is 3.07. The van der Waals surface area contributed by atoms with Gasteiger partial charge in [-0.2, -0.15) is 18.3 Å². The number of carbonyl (C=O) groups excluding carboxylic acids is 1. The molecule has 2 rings (SSSR count). The van der Waals surface area contributed by atoms with E-state index in [0.717, 1.165) is 4.68 Å². The Morgan fingerprint density at radius 3 is 2.50 bits per heavy atom. The standard InChI is InChI=1S/C12H18F3N5O3S/c1-7-9(12(13,14)15)18-19(3)10(7)17-11(21)20-5-4-8(6-20)24(22,23)16-2/h8,16H,4-6H2,1-3H3,(H,17,21). The van der Waals surface area contributed by atoms with E-state index in [0.29, 0.717) is 0 Å². The van der Waals surface area contributed by atoms with E-state index in [1.807, 2.05) is 0 Å². The average molecular weight is 369 g/mol. The van der Waals surface area contributed by atoms with Crippen LogP contribution in [0.1, 0.15) is 17.7 Å². The Balaban J connectivity index is 2.13. The van der Waals surface area contributed by atoms with Gasteiger partial charge in [-0.1, -0.05) is 0 Å². The molecule has 1 aliphatic rings. The highest BCUT2D eigenvalue weighted by molar-refractivity contribution is 7.90. The molecule has 0 aromatic carbocycles. The molecule has 2 amide bonds. The van der Waals surface area contributed by atoms with Crippen molar-refractivity contribution in [1.29, 1.82) is 0 Å². The van der Waals surface area contributed by atoms with Crippen molar-refractivity contribution in [3.05, 3.63) is 11.3 Å². The Morgan fingerprint density at radius 2 is 2.00 bits per heavy atom. The molecule has 0 spiro atoms. The molecule has 24 heavy (non-hydrogen) atoms. The van der Waals surface area contributed by atoms with Crippen LogP contribution in [0, 0.1) is 6.92 Å². The van der Waals surface area contributed by atoms with Crippen molar-refractivity contribution in [3.63, 3.8) is 0 Å². The molecule has 1 aromatic heterocycles. The van der Waals surface area contributed by atoms with Gasteiger partial charge < -0.3 is 4.90 Å². The highest BCUT2D eigenvalue weighted by Crippen LogP contribution is 2.33. The van der Waals surface area contributed by atoms with Crippen molar-refractivity contribution in [2.24, 2.45) is 7.05 Å². The van der Waals surface area contributed by atoms with Crippen LogP contribution in [-0.4, -0.2) is 54.5 Å². The maximum absolute atomic E-state index is 12.8. The lowest BCUT2D eigenvalue weighted by atomic mass is 10.2. The number of alkyl halides is 3. The second-order valence-electron chi connectivity index (χ2n) is 5.48. The zero-order valence-electron chi connectivity index (χ0n) is 13.3. The third kappa shape index (κ3) is 3.48. The molecule has 2 N–H and O–H groups in total. The number of anilines is 1. The Kier molecular flexibility index (Phi) is 4.81. The number of carbonyl (C=O) groups is 1. The first kappa shape index (κ1) is 18.5. The van der Waals surface area contributed by atoms with E-state index in [-0.39, 0.29) is 30.9 Å². The molecule has 1 atom stereocenters. The van der Waals surface area contributed by atoms with Gasteiger partial charge in [0, 0.05) is 25.7 Å². The number of hydrogen-bond acceptors (Lipinski definition) is 4. The number of amides is 2. The normalized spacial score (nSPS) is 18.9. The summed E-state index contributed by atoms with van der Waals surface area (Å²) in [6.45, 7) is 1.38. The van der Waals surface area contributed by atoms with Crippen LogP contribution >= 0.6 is 0 Å². The summed E-state index contributed by atoms with van der Waals surface area (Å²) < 4.78 is 65.1. The van der Waals surface area contributed by atoms with Crippen LogP contribution in [0.15, 0.2) is 0 Å². The maximum Gasteiger partial charge on any atom is 0.435 e. The van der Waals surface area contributed by atoms with Gasteiger partial charge in [0.05, 0.1) is 5.25 Å². The lowest BCUT2D eigenvalue weighted by molar-refractivity contribution is -0.141. The summed E-state index contributed by atoms with van der Waals surface area (Å²) >= 11 is 0. The lowest BCUT2D eigenvalue weighted by Crippen LogP contribution is -2.38. The van der Waals surface area contributed by atoms with E-state index in [1.165, 1.54) is 25.9 Å². The fraction of sp³-hybridized carbons (Fsp3) is 0.667. The van der Waals surface area contributed by atoms with Gasteiger partial charge in [-0.25, -0.2) is 17.9 Å². The van der Waals surface area contributed by atoms with Gasteiger partial charge in [-0.3, -0.25) is 10.00 Å². The predicted molar refractivity (Wildman–Crippen MR) is 79.9 cm³/mol. The molecule has 0 aliphatic carbocycles. The summed E-state index contributed by atoms with van der Waals surface area (Å²) in [6, 6.07) is -0.663. The SMILES string of the molecule is CNS(=O)(=O)C1CCN(C(=O)Nc2c(C)c(C(F)(F)F)nn2C)C1. The number of rotatable bonds is 3. The van der Waals surface area contributed by atoms with E-state index in [2.05, 4.69) is 15.1 Å². The quantitative estimate of drug-likeness (QED) is 0.828. The highest BCUT2D eigenvalue weighted by atomic mass is 32.2. The van der Waals surface area contributed by atoms with Crippen molar-refractivity contribution in [3.8, 4) is 0 Å². The van der Waals surface area contributed by atoms with Crippen molar-refractivity contribution >= 4 is 21.9 Å². The molecule has 1 saturated heterocycles. The van der Waals surface area contributed by atoms with E-state index < -0.39 is 33.2 Å². The molecule has 0 bridgehead atoms. The zero-order chi connectivity index (χ0) is 18.3. The number of hydrogen-bond donors (Lipinski definition) is 2.